The van der Waals surface area contributed by atoms with E-state index in [-0.39, 0.29) is 11.7 Å². The minimum Gasteiger partial charge on any atom is -0.409 e. The molecule has 0 bridgehead atoms. The predicted octanol–water partition coefficient (Wildman–Crippen LogP) is 2.24. The first-order chi connectivity index (χ1) is 9.06. The second-order valence-corrected chi connectivity index (χ2v) is 5.71. The smallest absolute Gasteiger partial charge is 0.233 e. The highest BCUT2D eigenvalue weighted by molar-refractivity contribution is 6.06. The number of rotatable bonds is 5. The van der Waals surface area contributed by atoms with Crippen molar-refractivity contribution < 1.29 is 10.0 Å². The molecule has 0 aliphatic heterocycles. The highest BCUT2D eigenvalue weighted by Gasteiger charge is 2.42. The number of carbonyl (C=O) groups excluding carboxylic acids is 1. The zero-order chi connectivity index (χ0) is 14.3. The first-order valence-corrected chi connectivity index (χ1v) is 7.33. The minimum atomic E-state index is -0.807. The summed E-state index contributed by atoms with van der Waals surface area (Å²) in [4.78, 5) is 12.5. The van der Waals surface area contributed by atoms with E-state index in [1.54, 1.807) is 0 Å². The molecule has 5 heteroatoms. The van der Waals surface area contributed by atoms with Crippen molar-refractivity contribution >= 4 is 11.7 Å². The standard InChI is InChI=1S/C14H27N3O2/c1-3-11(2)10-16-13(18)14(12(15)17-19)8-6-4-5-7-9-14/h11,19H,3-10H2,1-2H3,(H2,15,17)(H,16,18). The SMILES string of the molecule is CCC(C)CNC(=O)C1(C(N)=NO)CCCCCC1. The van der Waals surface area contributed by atoms with Crippen LogP contribution in [0.4, 0.5) is 0 Å². The fourth-order valence-electron chi connectivity index (χ4n) is 2.61. The lowest BCUT2D eigenvalue weighted by atomic mass is 9.78. The van der Waals surface area contributed by atoms with Crippen LogP contribution in [0.1, 0.15) is 58.8 Å². The molecule has 4 N–H and O–H groups in total. The Morgan fingerprint density at radius 1 is 1.37 bits per heavy atom. The van der Waals surface area contributed by atoms with Crippen LogP contribution in [0.15, 0.2) is 5.16 Å². The average molecular weight is 269 g/mol. The second kappa shape index (κ2) is 7.36. The van der Waals surface area contributed by atoms with Gasteiger partial charge in [-0.25, -0.2) is 0 Å². The van der Waals surface area contributed by atoms with E-state index in [2.05, 4.69) is 24.3 Å². The number of hydrogen-bond donors (Lipinski definition) is 3. The summed E-state index contributed by atoms with van der Waals surface area (Å²) in [6.07, 6.45) is 6.50. The fourth-order valence-corrected chi connectivity index (χ4v) is 2.61. The largest absolute Gasteiger partial charge is 0.409 e. The van der Waals surface area contributed by atoms with Crippen molar-refractivity contribution in [1.82, 2.24) is 5.32 Å². The summed E-state index contributed by atoms with van der Waals surface area (Å²) in [5.41, 5.74) is 5.02. The van der Waals surface area contributed by atoms with Crippen molar-refractivity contribution in [3.63, 3.8) is 0 Å². The summed E-state index contributed by atoms with van der Waals surface area (Å²) in [7, 11) is 0. The Bertz CT molecular complexity index is 321. The molecule has 0 radical (unpaired) electrons. The van der Waals surface area contributed by atoms with Crippen molar-refractivity contribution in [1.29, 1.82) is 0 Å². The van der Waals surface area contributed by atoms with Crippen LogP contribution in [-0.4, -0.2) is 23.5 Å². The van der Waals surface area contributed by atoms with E-state index in [0.717, 1.165) is 32.1 Å². The zero-order valence-corrected chi connectivity index (χ0v) is 12.1. The van der Waals surface area contributed by atoms with E-state index >= 15 is 0 Å². The van der Waals surface area contributed by atoms with Gasteiger partial charge in [0.1, 0.15) is 5.41 Å². The van der Waals surface area contributed by atoms with Crippen LogP contribution in [0.3, 0.4) is 0 Å². The topological polar surface area (TPSA) is 87.7 Å². The molecule has 1 aliphatic carbocycles. The Morgan fingerprint density at radius 2 is 1.95 bits per heavy atom. The van der Waals surface area contributed by atoms with E-state index < -0.39 is 5.41 Å². The Balaban J connectivity index is 2.81. The molecule has 1 unspecified atom stereocenters. The van der Waals surface area contributed by atoms with E-state index in [0.29, 0.717) is 25.3 Å². The van der Waals surface area contributed by atoms with Crippen LogP contribution in [0, 0.1) is 11.3 Å². The van der Waals surface area contributed by atoms with Gasteiger partial charge in [0.15, 0.2) is 5.84 Å². The van der Waals surface area contributed by atoms with Crippen LogP contribution in [0.25, 0.3) is 0 Å². The summed E-state index contributed by atoms with van der Waals surface area (Å²) in [6, 6.07) is 0. The predicted molar refractivity (Wildman–Crippen MR) is 76.0 cm³/mol. The van der Waals surface area contributed by atoms with Crippen molar-refractivity contribution in [2.24, 2.45) is 22.2 Å². The van der Waals surface area contributed by atoms with Gasteiger partial charge in [-0.05, 0) is 18.8 Å². The molecule has 110 valence electrons. The monoisotopic (exact) mass is 269 g/mol. The second-order valence-electron chi connectivity index (χ2n) is 5.71. The Hall–Kier alpha value is -1.26. The van der Waals surface area contributed by atoms with Crippen molar-refractivity contribution in [3.8, 4) is 0 Å². The number of amides is 1. The summed E-state index contributed by atoms with van der Waals surface area (Å²) in [5, 5.41) is 15.1. The highest BCUT2D eigenvalue weighted by atomic mass is 16.4. The molecule has 1 saturated carbocycles. The van der Waals surface area contributed by atoms with Crippen molar-refractivity contribution in [2.75, 3.05) is 6.54 Å². The van der Waals surface area contributed by atoms with Gasteiger partial charge in [-0.15, -0.1) is 0 Å². The van der Waals surface area contributed by atoms with Crippen LogP contribution >= 0.6 is 0 Å². The third kappa shape index (κ3) is 3.85. The molecule has 1 amide bonds. The van der Waals surface area contributed by atoms with Gasteiger partial charge in [-0.2, -0.15) is 0 Å². The Labute approximate surface area is 115 Å². The molecule has 19 heavy (non-hydrogen) atoms. The minimum absolute atomic E-state index is 0.0658. The fraction of sp³-hybridized carbons (Fsp3) is 0.857. The number of carbonyl (C=O) groups is 1. The summed E-state index contributed by atoms with van der Waals surface area (Å²) in [5.74, 6) is 0.431. The molecule has 0 aromatic carbocycles. The lowest BCUT2D eigenvalue weighted by molar-refractivity contribution is -0.128. The molecule has 1 rings (SSSR count). The summed E-state index contributed by atoms with van der Waals surface area (Å²) in [6.45, 7) is 4.85. The molecule has 5 nitrogen and oxygen atoms in total. The van der Waals surface area contributed by atoms with Crippen molar-refractivity contribution in [3.05, 3.63) is 0 Å². The molecule has 0 aromatic rings. The third-order valence-electron chi connectivity index (χ3n) is 4.30. The van der Waals surface area contributed by atoms with Crippen LogP contribution in [0.5, 0.6) is 0 Å². The van der Waals surface area contributed by atoms with Crippen LogP contribution in [-0.2, 0) is 4.79 Å². The maximum absolute atomic E-state index is 12.5. The molecule has 0 heterocycles. The number of hydrogen-bond acceptors (Lipinski definition) is 3. The van der Waals surface area contributed by atoms with Gasteiger partial charge >= 0.3 is 0 Å². The molecule has 1 aliphatic rings. The van der Waals surface area contributed by atoms with E-state index in [9.17, 15) is 4.79 Å². The van der Waals surface area contributed by atoms with Gasteiger partial charge in [0, 0.05) is 6.54 Å². The molecule has 1 fully saturated rings. The van der Waals surface area contributed by atoms with Gasteiger partial charge in [-0.1, -0.05) is 51.1 Å². The highest BCUT2D eigenvalue weighted by Crippen LogP contribution is 2.35. The van der Waals surface area contributed by atoms with Crippen molar-refractivity contribution in [2.45, 2.75) is 58.8 Å². The van der Waals surface area contributed by atoms with Gasteiger partial charge in [0.25, 0.3) is 0 Å². The summed E-state index contributed by atoms with van der Waals surface area (Å²) >= 11 is 0. The zero-order valence-electron chi connectivity index (χ0n) is 12.1. The number of nitrogens with one attached hydrogen (secondary N) is 1. The first kappa shape index (κ1) is 15.8. The first-order valence-electron chi connectivity index (χ1n) is 7.33. The van der Waals surface area contributed by atoms with Gasteiger partial charge in [0.05, 0.1) is 0 Å². The third-order valence-corrected chi connectivity index (χ3v) is 4.30. The molecule has 0 spiro atoms. The van der Waals surface area contributed by atoms with E-state index in [4.69, 9.17) is 10.9 Å². The summed E-state index contributed by atoms with van der Waals surface area (Å²) < 4.78 is 0. The quantitative estimate of drug-likeness (QED) is 0.235. The van der Waals surface area contributed by atoms with E-state index in [1.807, 2.05) is 0 Å². The van der Waals surface area contributed by atoms with Crippen LogP contribution in [0.2, 0.25) is 0 Å². The number of nitrogens with two attached hydrogens (primary N) is 1. The van der Waals surface area contributed by atoms with E-state index in [1.165, 1.54) is 0 Å². The van der Waals surface area contributed by atoms with Gasteiger partial charge in [0.2, 0.25) is 5.91 Å². The number of nitrogens with zero attached hydrogens (tertiary/aromatic N) is 1. The molecule has 1 atom stereocenters. The molecule has 0 saturated heterocycles. The Kier molecular flexibility index (Phi) is 6.12. The maximum Gasteiger partial charge on any atom is 0.233 e. The number of oxime groups is 1. The molecular weight excluding hydrogens is 242 g/mol. The average Bonchev–Trinajstić information content (AvgIpc) is 2.70. The lowest BCUT2D eigenvalue weighted by Crippen LogP contribution is -2.50. The molecular formula is C14H27N3O2. The van der Waals surface area contributed by atoms with Gasteiger partial charge in [-0.3, -0.25) is 4.79 Å². The van der Waals surface area contributed by atoms with Crippen LogP contribution < -0.4 is 11.1 Å². The molecule has 0 aromatic heterocycles. The lowest BCUT2D eigenvalue weighted by Gasteiger charge is -2.30. The Morgan fingerprint density at radius 3 is 2.42 bits per heavy atom. The number of amidine groups is 1. The van der Waals surface area contributed by atoms with Gasteiger partial charge < -0.3 is 16.3 Å². The normalized spacial score (nSPS) is 21.5. The maximum atomic E-state index is 12.5.